The highest BCUT2D eigenvalue weighted by Gasteiger charge is 2.21. The summed E-state index contributed by atoms with van der Waals surface area (Å²) in [7, 11) is 0. The van der Waals surface area contributed by atoms with E-state index >= 15 is 0 Å². The van der Waals surface area contributed by atoms with Gasteiger partial charge in [0.25, 0.3) is 5.91 Å². The molecule has 1 aliphatic rings. The van der Waals surface area contributed by atoms with Crippen molar-refractivity contribution in [3.05, 3.63) is 71.0 Å². The van der Waals surface area contributed by atoms with Crippen molar-refractivity contribution < 1.29 is 9.18 Å². The van der Waals surface area contributed by atoms with Crippen LogP contribution in [0.15, 0.2) is 59.8 Å². The van der Waals surface area contributed by atoms with Gasteiger partial charge in [0.1, 0.15) is 10.8 Å². The third kappa shape index (κ3) is 3.45. The summed E-state index contributed by atoms with van der Waals surface area (Å²) < 4.78 is 13.7. The lowest BCUT2D eigenvalue weighted by Gasteiger charge is -2.28. The van der Waals surface area contributed by atoms with E-state index in [2.05, 4.69) is 15.2 Å². The number of halogens is 1. The van der Waals surface area contributed by atoms with Gasteiger partial charge in [0.15, 0.2) is 0 Å². The summed E-state index contributed by atoms with van der Waals surface area (Å²) >= 11 is 3.18. The molecule has 4 nitrogen and oxygen atoms in total. The van der Waals surface area contributed by atoms with Crippen LogP contribution in [0.5, 0.6) is 0 Å². The van der Waals surface area contributed by atoms with E-state index in [0.717, 1.165) is 28.0 Å². The van der Waals surface area contributed by atoms with E-state index in [0.29, 0.717) is 10.4 Å². The fourth-order valence-corrected chi connectivity index (χ4v) is 4.67. The molecule has 3 aromatic rings. The molecule has 1 N–H and O–H groups in total. The van der Waals surface area contributed by atoms with Gasteiger partial charge in [0.05, 0.1) is 15.6 Å². The highest BCUT2D eigenvalue weighted by Crippen LogP contribution is 2.39. The maximum Gasteiger partial charge on any atom is 0.261 e. The highest BCUT2D eigenvalue weighted by molar-refractivity contribution is 7.99. The summed E-state index contributed by atoms with van der Waals surface area (Å²) in [6.07, 6.45) is 1.80. The number of benzene rings is 1. The van der Waals surface area contributed by atoms with Crippen molar-refractivity contribution in [2.75, 3.05) is 17.2 Å². The van der Waals surface area contributed by atoms with Crippen molar-refractivity contribution in [2.24, 2.45) is 0 Å². The number of carbonyl (C=O) groups is 1. The number of thiophene rings is 1. The molecule has 0 spiro atoms. The first-order chi connectivity index (χ1) is 12.7. The predicted octanol–water partition coefficient (Wildman–Crippen LogP) is 4.46. The minimum atomic E-state index is -0.311. The van der Waals surface area contributed by atoms with Gasteiger partial charge in [-0.2, -0.15) is 0 Å². The van der Waals surface area contributed by atoms with Gasteiger partial charge in [-0.05, 0) is 30.3 Å². The van der Waals surface area contributed by atoms with Crippen molar-refractivity contribution in [3.63, 3.8) is 0 Å². The van der Waals surface area contributed by atoms with E-state index in [1.165, 1.54) is 17.4 Å². The lowest BCUT2D eigenvalue weighted by molar-refractivity contribution is 0.0954. The molecule has 1 amide bonds. The average Bonchev–Trinajstić information content (AvgIpc) is 3.17. The van der Waals surface area contributed by atoms with Crippen LogP contribution in [-0.4, -0.2) is 23.2 Å². The summed E-state index contributed by atoms with van der Waals surface area (Å²) in [5, 5.41) is 4.81. The number of amides is 1. The Balaban J connectivity index is 1.48. The molecule has 7 heteroatoms. The Morgan fingerprint density at radius 2 is 2.08 bits per heavy atom. The molecule has 0 aliphatic carbocycles. The summed E-state index contributed by atoms with van der Waals surface area (Å²) in [5.41, 5.74) is 1.55. The standard InChI is InChI=1S/C19H16FN3OS2/c20-14-5-2-1-4-13(14)12-22-18(24)16-7-8-17(26-16)23-10-11-25-19-15(23)6-3-9-21-19/h1-9H,10-12H2,(H,22,24). The zero-order valence-electron chi connectivity index (χ0n) is 13.8. The maximum atomic E-state index is 13.7. The second kappa shape index (κ2) is 7.47. The minimum absolute atomic E-state index is 0.172. The number of nitrogens with one attached hydrogen (secondary N) is 1. The van der Waals surface area contributed by atoms with E-state index in [1.54, 1.807) is 36.2 Å². The fourth-order valence-electron chi connectivity index (χ4n) is 2.78. The van der Waals surface area contributed by atoms with Gasteiger partial charge in [0, 0.05) is 30.6 Å². The van der Waals surface area contributed by atoms with Crippen LogP contribution in [0.4, 0.5) is 15.1 Å². The number of nitrogens with zero attached hydrogens (tertiary/aromatic N) is 2. The number of hydrogen-bond acceptors (Lipinski definition) is 5. The SMILES string of the molecule is O=C(NCc1ccccc1F)c1ccc(N2CCSc3ncccc32)s1. The number of hydrogen-bond donors (Lipinski definition) is 1. The number of carbonyl (C=O) groups excluding carboxylic acids is 1. The maximum absolute atomic E-state index is 13.7. The summed E-state index contributed by atoms with van der Waals surface area (Å²) in [4.78, 5) is 19.6. The molecule has 0 atom stereocenters. The molecule has 26 heavy (non-hydrogen) atoms. The number of rotatable bonds is 4. The van der Waals surface area contributed by atoms with Gasteiger partial charge < -0.3 is 10.2 Å². The van der Waals surface area contributed by atoms with E-state index in [4.69, 9.17) is 0 Å². The van der Waals surface area contributed by atoms with Crippen LogP contribution in [0, 0.1) is 5.82 Å². The summed E-state index contributed by atoms with van der Waals surface area (Å²) in [6, 6.07) is 14.2. The third-order valence-electron chi connectivity index (χ3n) is 4.07. The zero-order chi connectivity index (χ0) is 17.9. The normalized spacial score (nSPS) is 13.3. The van der Waals surface area contributed by atoms with Crippen LogP contribution >= 0.6 is 23.1 Å². The van der Waals surface area contributed by atoms with Crippen LogP contribution in [0.25, 0.3) is 0 Å². The van der Waals surface area contributed by atoms with Gasteiger partial charge in [-0.15, -0.1) is 23.1 Å². The second-order valence-electron chi connectivity index (χ2n) is 5.74. The Hall–Kier alpha value is -2.38. The van der Waals surface area contributed by atoms with Gasteiger partial charge in [-0.1, -0.05) is 18.2 Å². The Bertz CT molecular complexity index is 944. The molecular formula is C19H16FN3OS2. The van der Waals surface area contributed by atoms with Crippen LogP contribution in [0.2, 0.25) is 0 Å². The van der Waals surface area contributed by atoms with Gasteiger partial charge in [0.2, 0.25) is 0 Å². The van der Waals surface area contributed by atoms with Crippen LogP contribution < -0.4 is 10.2 Å². The van der Waals surface area contributed by atoms with Crippen LogP contribution in [0.1, 0.15) is 15.2 Å². The average molecular weight is 385 g/mol. The topological polar surface area (TPSA) is 45.2 Å². The van der Waals surface area contributed by atoms with Crippen molar-refractivity contribution in [3.8, 4) is 0 Å². The lowest BCUT2D eigenvalue weighted by Crippen LogP contribution is -2.24. The molecule has 132 valence electrons. The van der Waals surface area contributed by atoms with E-state index < -0.39 is 0 Å². The first-order valence-corrected chi connectivity index (χ1v) is 9.99. The molecule has 0 bridgehead atoms. The smallest absolute Gasteiger partial charge is 0.261 e. The third-order valence-corrected chi connectivity index (χ3v) is 6.16. The van der Waals surface area contributed by atoms with E-state index in [1.807, 2.05) is 24.3 Å². The van der Waals surface area contributed by atoms with Crippen molar-refractivity contribution in [1.29, 1.82) is 0 Å². The molecular weight excluding hydrogens is 369 g/mol. The Kier molecular flexibility index (Phi) is 4.90. The van der Waals surface area contributed by atoms with Gasteiger partial charge in [-0.25, -0.2) is 9.37 Å². The minimum Gasteiger partial charge on any atom is -0.347 e. The quantitative estimate of drug-likeness (QED) is 0.720. The summed E-state index contributed by atoms with van der Waals surface area (Å²) in [6.45, 7) is 1.05. The molecule has 1 aliphatic heterocycles. The number of thioether (sulfide) groups is 1. The molecule has 1 aromatic carbocycles. The van der Waals surface area contributed by atoms with Crippen molar-refractivity contribution in [1.82, 2.24) is 10.3 Å². The van der Waals surface area contributed by atoms with Gasteiger partial charge in [-0.3, -0.25) is 4.79 Å². The van der Waals surface area contributed by atoms with Crippen molar-refractivity contribution >= 4 is 39.7 Å². The fraction of sp³-hybridized carbons (Fsp3) is 0.158. The monoisotopic (exact) mass is 385 g/mol. The molecule has 0 unspecified atom stereocenters. The highest BCUT2D eigenvalue weighted by atomic mass is 32.2. The van der Waals surface area contributed by atoms with Gasteiger partial charge >= 0.3 is 0 Å². The lowest BCUT2D eigenvalue weighted by atomic mass is 10.2. The number of anilines is 2. The van der Waals surface area contributed by atoms with Crippen LogP contribution in [-0.2, 0) is 6.54 Å². The number of aromatic nitrogens is 1. The summed E-state index contributed by atoms with van der Waals surface area (Å²) in [5.74, 6) is 0.452. The van der Waals surface area contributed by atoms with Crippen molar-refractivity contribution in [2.45, 2.75) is 11.6 Å². The number of fused-ring (bicyclic) bond motifs is 1. The molecule has 0 saturated heterocycles. The Morgan fingerprint density at radius 3 is 2.96 bits per heavy atom. The largest absolute Gasteiger partial charge is 0.347 e. The molecule has 0 saturated carbocycles. The molecule has 3 heterocycles. The molecule has 4 rings (SSSR count). The number of pyridine rings is 1. The first-order valence-electron chi connectivity index (χ1n) is 8.19. The first kappa shape index (κ1) is 17.1. The molecule has 0 fully saturated rings. The molecule has 2 aromatic heterocycles. The van der Waals surface area contributed by atoms with E-state index in [9.17, 15) is 9.18 Å². The van der Waals surface area contributed by atoms with E-state index in [-0.39, 0.29) is 18.3 Å². The molecule has 0 radical (unpaired) electrons. The Morgan fingerprint density at radius 1 is 1.19 bits per heavy atom. The predicted molar refractivity (Wildman–Crippen MR) is 104 cm³/mol. The zero-order valence-corrected chi connectivity index (χ0v) is 15.4. The Labute approximate surface area is 159 Å². The van der Waals surface area contributed by atoms with Crippen LogP contribution in [0.3, 0.4) is 0 Å². The second-order valence-corrected chi connectivity index (χ2v) is 7.89.